The predicted molar refractivity (Wildman–Crippen MR) is 60.4 cm³/mol. The summed E-state index contributed by atoms with van der Waals surface area (Å²) in [7, 11) is 3.64. The highest BCUT2D eigenvalue weighted by molar-refractivity contribution is 8.76. The van der Waals surface area contributed by atoms with Crippen molar-refractivity contribution in [3.8, 4) is 0 Å². The number of rotatable bonds is 8. The van der Waals surface area contributed by atoms with Crippen LogP contribution in [0.15, 0.2) is 0 Å². The van der Waals surface area contributed by atoms with Crippen LogP contribution in [0.5, 0.6) is 0 Å². The minimum Gasteiger partial charge on any atom is -0.307 e. The zero-order valence-corrected chi connectivity index (χ0v) is 9.50. The lowest BCUT2D eigenvalue weighted by Gasteiger charge is -2.03. The summed E-state index contributed by atoms with van der Waals surface area (Å²) in [6.45, 7) is 2.13. The number of thioether (sulfide) groups is 1. The Bertz CT molecular complexity index is 64.8. The summed E-state index contributed by atoms with van der Waals surface area (Å²) in [5, 5.41) is 6.61. The van der Waals surface area contributed by atoms with Crippen LogP contribution < -0.4 is 10.6 Å². The summed E-state index contributed by atoms with van der Waals surface area (Å²) in [6.07, 6.45) is 4.20. The summed E-state index contributed by atoms with van der Waals surface area (Å²) in [6, 6.07) is 0. The first kappa shape index (κ1) is 12.0. The fraction of sp³-hybridized carbons (Fsp3) is 1.00. The molecule has 0 bridgehead atoms. The highest BCUT2D eigenvalue weighted by Crippen LogP contribution is 2.13. The molecule has 0 radical (unpaired) electrons. The van der Waals surface area contributed by atoms with E-state index in [0.717, 1.165) is 24.8 Å². The van der Waals surface area contributed by atoms with Crippen LogP contribution in [0.3, 0.4) is 0 Å². The standard InChI is InChI=1S/C6H16N2S3/c1-9-5-7-3-4-8-6-11-10-2/h7-8H,3-6H2,1-2H3. The van der Waals surface area contributed by atoms with Gasteiger partial charge < -0.3 is 10.6 Å². The van der Waals surface area contributed by atoms with E-state index in [-0.39, 0.29) is 0 Å². The summed E-state index contributed by atoms with van der Waals surface area (Å²) >= 11 is 1.82. The van der Waals surface area contributed by atoms with Gasteiger partial charge in [0.25, 0.3) is 0 Å². The molecule has 0 aliphatic heterocycles. The minimum absolute atomic E-state index is 1.04. The van der Waals surface area contributed by atoms with Gasteiger partial charge in [0.1, 0.15) is 0 Å². The largest absolute Gasteiger partial charge is 0.307 e. The topological polar surface area (TPSA) is 24.1 Å². The van der Waals surface area contributed by atoms with Gasteiger partial charge >= 0.3 is 0 Å². The molecule has 0 aliphatic rings. The molecule has 0 saturated heterocycles. The Kier molecular flexibility index (Phi) is 11.9. The Balaban J connectivity index is 2.69. The van der Waals surface area contributed by atoms with Crippen LogP contribution in [0, 0.1) is 0 Å². The zero-order chi connectivity index (χ0) is 8.36. The van der Waals surface area contributed by atoms with E-state index in [0.29, 0.717) is 0 Å². The summed E-state index contributed by atoms with van der Waals surface area (Å²) in [5.41, 5.74) is 0. The lowest BCUT2D eigenvalue weighted by atomic mass is 10.6. The summed E-state index contributed by atoms with van der Waals surface area (Å²) < 4.78 is 0. The molecule has 0 spiro atoms. The van der Waals surface area contributed by atoms with Crippen LogP contribution in [0.25, 0.3) is 0 Å². The number of hydrogen-bond donors (Lipinski definition) is 2. The molecule has 2 nitrogen and oxygen atoms in total. The van der Waals surface area contributed by atoms with Gasteiger partial charge in [0.2, 0.25) is 0 Å². The maximum Gasteiger partial charge on any atom is 0.0523 e. The highest BCUT2D eigenvalue weighted by Gasteiger charge is 1.86. The summed E-state index contributed by atoms with van der Waals surface area (Å²) in [4.78, 5) is 0. The predicted octanol–water partition coefficient (Wildman–Crippen LogP) is 1.45. The third-order valence-corrected chi connectivity index (χ3v) is 3.11. The molecule has 0 fully saturated rings. The van der Waals surface area contributed by atoms with Gasteiger partial charge in [-0.15, -0.1) is 11.8 Å². The molecule has 0 aromatic heterocycles. The number of hydrogen-bond acceptors (Lipinski definition) is 5. The van der Waals surface area contributed by atoms with E-state index in [1.807, 2.05) is 22.6 Å². The molecule has 2 N–H and O–H groups in total. The van der Waals surface area contributed by atoms with Gasteiger partial charge in [-0.1, -0.05) is 21.6 Å². The van der Waals surface area contributed by atoms with Gasteiger partial charge in [-0.2, -0.15) is 0 Å². The Hall–Kier alpha value is 0.970. The molecular weight excluding hydrogens is 196 g/mol. The van der Waals surface area contributed by atoms with Crippen LogP contribution in [0.4, 0.5) is 0 Å². The van der Waals surface area contributed by atoms with Crippen molar-refractivity contribution in [3.63, 3.8) is 0 Å². The molecule has 0 amide bonds. The SMILES string of the molecule is CSCNCCNCSSC. The summed E-state index contributed by atoms with van der Waals surface area (Å²) in [5.74, 6) is 2.10. The Labute approximate surface area is 81.4 Å². The van der Waals surface area contributed by atoms with Gasteiger partial charge in [0, 0.05) is 19.0 Å². The third-order valence-electron chi connectivity index (χ3n) is 1.00. The van der Waals surface area contributed by atoms with Crippen molar-refractivity contribution in [2.45, 2.75) is 0 Å². The van der Waals surface area contributed by atoms with Gasteiger partial charge in [0.15, 0.2) is 0 Å². The quantitative estimate of drug-likeness (QED) is 0.360. The first-order valence-electron chi connectivity index (χ1n) is 3.47. The molecule has 0 aromatic carbocycles. The Morgan fingerprint density at radius 2 is 1.64 bits per heavy atom. The average molecular weight is 212 g/mol. The van der Waals surface area contributed by atoms with E-state index in [2.05, 4.69) is 23.1 Å². The van der Waals surface area contributed by atoms with Gasteiger partial charge in [-0.05, 0) is 12.5 Å². The molecule has 0 heterocycles. The Morgan fingerprint density at radius 1 is 1.00 bits per heavy atom. The second-order valence-corrected chi connectivity index (χ2v) is 5.29. The second-order valence-electron chi connectivity index (χ2n) is 1.86. The van der Waals surface area contributed by atoms with Gasteiger partial charge in [-0.3, -0.25) is 0 Å². The lowest BCUT2D eigenvalue weighted by molar-refractivity contribution is 0.700. The van der Waals surface area contributed by atoms with Crippen molar-refractivity contribution < 1.29 is 0 Å². The second kappa shape index (κ2) is 11.0. The highest BCUT2D eigenvalue weighted by atomic mass is 33.1. The van der Waals surface area contributed by atoms with Crippen LogP contribution in [0.1, 0.15) is 0 Å². The Morgan fingerprint density at radius 3 is 2.18 bits per heavy atom. The van der Waals surface area contributed by atoms with Crippen molar-refractivity contribution in [1.29, 1.82) is 0 Å². The molecule has 0 saturated carbocycles. The van der Waals surface area contributed by atoms with Crippen LogP contribution in [0.2, 0.25) is 0 Å². The fourth-order valence-electron chi connectivity index (χ4n) is 0.524. The van der Waals surface area contributed by atoms with E-state index >= 15 is 0 Å². The van der Waals surface area contributed by atoms with E-state index in [1.54, 1.807) is 10.8 Å². The number of nitrogens with one attached hydrogen (secondary N) is 2. The van der Waals surface area contributed by atoms with E-state index in [1.165, 1.54) is 0 Å². The third kappa shape index (κ3) is 11.0. The molecular formula is C6H16N2S3. The minimum atomic E-state index is 1.04. The maximum atomic E-state index is 3.32. The van der Waals surface area contributed by atoms with E-state index in [4.69, 9.17) is 0 Å². The first-order chi connectivity index (χ1) is 5.41. The molecule has 0 unspecified atom stereocenters. The van der Waals surface area contributed by atoms with Gasteiger partial charge in [-0.25, -0.2) is 0 Å². The molecule has 0 aliphatic carbocycles. The average Bonchev–Trinajstić information content (AvgIpc) is 2.03. The molecule has 5 heteroatoms. The molecule has 11 heavy (non-hydrogen) atoms. The first-order valence-corrected chi connectivity index (χ1v) is 7.60. The van der Waals surface area contributed by atoms with Crippen LogP contribution >= 0.6 is 33.3 Å². The van der Waals surface area contributed by atoms with Crippen molar-refractivity contribution in [1.82, 2.24) is 10.6 Å². The van der Waals surface area contributed by atoms with Crippen LogP contribution in [-0.4, -0.2) is 37.4 Å². The van der Waals surface area contributed by atoms with Crippen molar-refractivity contribution in [3.05, 3.63) is 0 Å². The zero-order valence-electron chi connectivity index (χ0n) is 7.05. The van der Waals surface area contributed by atoms with Gasteiger partial charge in [0.05, 0.1) is 5.88 Å². The van der Waals surface area contributed by atoms with Crippen molar-refractivity contribution >= 4 is 33.3 Å². The molecule has 68 valence electrons. The van der Waals surface area contributed by atoms with Crippen molar-refractivity contribution in [2.24, 2.45) is 0 Å². The smallest absolute Gasteiger partial charge is 0.0523 e. The molecule has 0 aromatic rings. The van der Waals surface area contributed by atoms with E-state index in [9.17, 15) is 0 Å². The van der Waals surface area contributed by atoms with Crippen molar-refractivity contribution in [2.75, 3.05) is 37.4 Å². The molecule has 0 atom stereocenters. The van der Waals surface area contributed by atoms with Crippen LogP contribution in [-0.2, 0) is 0 Å². The normalized spacial score (nSPS) is 10.4. The monoisotopic (exact) mass is 212 g/mol. The molecule has 0 rings (SSSR count). The lowest BCUT2D eigenvalue weighted by Crippen LogP contribution is -2.26. The fourth-order valence-corrected chi connectivity index (χ4v) is 1.82. The van der Waals surface area contributed by atoms with E-state index < -0.39 is 0 Å². The maximum absolute atomic E-state index is 3.32.